The molecule has 0 radical (unpaired) electrons. The number of amides is 1. The van der Waals surface area contributed by atoms with Gasteiger partial charge in [-0.1, -0.05) is 54.1 Å². The Morgan fingerprint density at radius 3 is 1.83 bits per heavy atom. The largest absolute Gasteiger partial charge is 0.478 e. The molecule has 5 heteroatoms. The summed E-state index contributed by atoms with van der Waals surface area (Å²) in [6, 6.07) is 22.1. The number of carboxylic acid groups (broad SMARTS) is 1. The molecule has 0 aromatic heterocycles. The van der Waals surface area contributed by atoms with Crippen LogP contribution in [0, 0.1) is 13.8 Å². The molecule has 0 heterocycles. The summed E-state index contributed by atoms with van der Waals surface area (Å²) in [5.41, 5.74) is 3.68. The van der Waals surface area contributed by atoms with Crippen molar-refractivity contribution in [3.63, 3.8) is 0 Å². The lowest BCUT2D eigenvalue weighted by Crippen LogP contribution is -2.14. The average molecular weight is 472 g/mol. The summed E-state index contributed by atoms with van der Waals surface area (Å²) in [5, 5.41) is 19.5. The van der Waals surface area contributed by atoms with Gasteiger partial charge in [0.15, 0.2) is 6.29 Å². The van der Waals surface area contributed by atoms with Crippen LogP contribution in [0.3, 0.4) is 0 Å². The number of aldehydes is 1. The number of carbonyl (C=O) groups is 3. The molecule has 6 rings (SSSR count). The van der Waals surface area contributed by atoms with E-state index >= 15 is 0 Å². The monoisotopic (exact) mass is 471 g/mol. The molecule has 1 amide bonds. The van der Waals surface area contributed by atoms with Crippen molar-refractivity contribution in [2.45, 2.75) is 13.8 Å². The minimum absolute atomic E-state index is 0.0703. The minimum Gasteiger partial charge on any atom is -0.478 e. The van der Waals surface area contributed by atoms with E-state index in [0.29, 0.717) is 22.2 Å². The molecule has 0 bridgehead atoms. The third-order valence-corrected chi connectivity index (χ3v) is 7.05. The number of aryl methyl sites for hydroxylation is 2. The van der Waals surface area contributed by atoms with Crippen molar-refractivity contribution in [3.8, 4) is 0 Å². The van der Waals surface area contributed by atoms with Crippen molar-refractivity contribution in [2.75, 3.05) is 5.32 Å². The molecule has 2 N–H and O–H groups in total. The maximum atomic E-state index is 13.4. The van der Waals surface area contributed by atoms with E-state index in [4.69, 9.17) is 0 Å². The first kappa shape index (κ1) is 21.7. The number of rotatable bonds is 4. The van der Waals surface area contributed by atoms with Crippen LogP contribution in [0.1, 0.15) is 42.2 Å². The summed E-state index contributed by atoms with van der Waals surface area (Å²) in [5.74, 6) is -1.47. The fourth-order valence-electron chi connectivity index (χ4n) is 5.39. The Kier molecular flexibility index (Phi) is 4.76. The van der Waals surface area contributed by atoms with Gasteiger partial charge in [-0.3, -0.25) is 9.59 Å². The van der Waals surface area contributed by atoms with Gasteiger partial charge in [-0.25, -0.2) is 4.79 Å². The van der Waals surface area contributed by atoms with Crippen molar-refractivity contribution in [1.29, 1.82) is 0 Å². The van der Waals surface area contributed by atoms with E-state index in [1.165, 1.54) is 0 Å². The van der Waals surface area contributed by atoms with Gasteiger partial charge in [0, 0.05) is 22.2 Å². The van der Waals surface area contributed by atoms with E-state index in [2.05, 4.69) is 5.32 Å². The van der Waals surface area contributed by atoms with Gasteiger partial charge in [-0.15, -0.1) is 0 Å². The molecule has 0 atom stereocenters. The number of carboxylic acids is 1. The summed E-state index contributed by atoms with van der Waals surface area (Å²) in [6.07, 6.45) is 0.868. The van der Waals surface area contributed by atoms with Gasteiger partial charge < -0.3 is 10.4 Å². The van der Waals surface area contributed by atoms with Gasteiger partial charge in [-0.05, 0) is 81.4 Å². The summed E-state index contributed by atoms with van der Waals surface area (Å²) in [4.78, 5) is 37.6. The molecule has 174 valence electrons. The maximum Gasteiger partial charge on any atom is 0.336 e. The first-order valence-corrected chi connectivity index (χ1v) is 11.6. The highest BCUT2D eigenvalue weighted by Crippen LogP contribution is 2.43. The maximum absolute atomic E-state index is 13.4. The molecule has 5 nitrogen and oxygen atoms in total. The molecule has 0 spiro atoms. The summed E-state index contributed by atoms with van der Waals surface area (Å²) in [7, 11) is 0. The highest BCUT2D eigenvalue weighted by Gasteiger charge is 2.23. The molecule has 6 aromatic carbocycles. The minimum atomic E-state index is -1.10. The lowest BCUT2D eigenvalue weighted by molar-refractivity contribution is 0.0699. The fourth-order valence-corrected chi connectivity index (χ4v) is 5.39. The third kappa shape index (κ3) is 3.06. The van der Waals surface area contributed by atoms with Gasteiger partial charge >= 0.3 is 5.97 Å². The Balaban J connectivity index is 1.73. The molecule has 6 aromatic rings. The Labute approximate surface area is 206 Å². The van der Waals surface area contributed by atoms with Gasteiger partial charge in [0.1, 0.15) is 0 Å². The SMILES string of the molecule is Cc1ccc(NC(=O)c2ccc3c4ccc(C)c5c(C=O)ccc(c6ccc(C(=O)O)c2c63)c54)cc1. The Bertz CT molecular complexity index is 1860. The average Bonchev–Trinajstić information content (AvgIpc) is 2.88. The van der Waals surface area contributed by atoms with E-state index < -0.39 is 5.97 Å². The quantitative estimate of drug-likeness (QED) is 0.163. The van der Waals surface area contributed by atoms with Crippen LogP contribution in [0.4, 0.5) is 5.69 Å². The second-order valence-electron chi connectivity index (χ2n) is 9.20. The molecule has 0 fully saturated rings. The lowest BCUT2D eigenvalue weighted by Gasteiger charge is -2.19. The summed E-state index contributed by atoms with van der Waals surface area (Å²) >= 11 is 0. The van der Waals surface area contributed by atoms with Gasteiger partial charge in [0.05, 0.1) is 5.56 Å². The Morgan fingerprint density at radius 1 is 0.667 bits per heavy atom. The van der Waals surface area contributed by atoms with Crippen molar-refractivity contribution >= 4 is 66.9 Å². The zero-order chi connectivity index (χ0) is 25.1. The van der Waals surface area contributed by atoms with E-state index in [9.17, 15) is 19.5 Å². The van der Waals surface area contributed by atoms with E-state index in [0.717, 1.165) is 55.1 Å². The number of benzene rings is 6. The molecule has 0 aliphatic rings. The number of aromatic carboxylic acids is 1. The normalized spacial score (nSPS) is 11.5. The first-order valence-electron chi connectivity index (χ1n) is 11.6. The van der Waals surface area contributed by atoms with Crippen molar-refractivity contribution < 1.29 is 19.5 Å². The molecular formula is C31H21NO4. The smallest absolute Gasteiger partial charge is 0.336 e. The fraction of sp³-hybridized carbons (Fsp3) is 0.0645. The molecule has 36 heavy (non-hydrogen) atoms. The van der Waals surface area contributed by atoms with Crippen LogP contribution in [0.25, 0.3) is 43.1 Å². The van der Waals surface area contributed by atoms with Crippen LogP contribution in [0.5, 0.6) is 0 Å². The van der Waals surface area contributed by atoms with Crippen molar-refractivity contribution in [3.05, 3.63) is 101 Å². The van der Waals surface area contributed by atoms with Crippen molar-refractivity contribution in [2.24, 2.45) is 0 Å². The molecular weight excluding hydrogens is 450 g/mol. The number of anilines is 1. The molecule has 0 saturated carbocycles. The Morgan fingerprint density at radius 2 is 1.22 bits per heavy atom. The molecule has 0 unspecified atom stereocenters. The molecule has 0 aliphatic carbocycles. The predicted molar refractivity (Wildman–Crippen MR) is 144 cm³/mol. The summed E-state index contributed by atoms with van der Waals surface area (Å²) in [6.45, 7) is 3.95. The summed E-state index contributed by atoms with van der Waals surface area (Å²) < 4.78 is 0. The van der Waals surface area contributed by atoms with E-state index in [1.54, 1.807) is 24.3 Å². The highest BCUT2D eigenvalue weighted by atomic mass is 16.4. The number of hydrogen-bond acceptors (Lipinski definition) is 3. The molecule has 0 saturated heterocycles. The van der Waals surface area contributed by atoms with Crippen LogP contribution in [0.15, 0.2) is 72.8 Å². The second kappa shape index (κ2) is 7.89. The van der Waals surface area contributed by atoms with E-state index in [-0.39, 0.29) is 11.5 Å². The van der Waals surface area contributed by atoms with Crippen LogP contribution >= 0.6 is 0 Å². The molecule has 0 aliphatic heterocycles. The highest BCUT2D eigenvalue weighted by molar-refractivity contribution is 6.37. The van der Waals surface area contributed by atoms with Crippen LogP contribution in [-0.2, 0) is 0 Å². The van der Waals surface area contributed by atoms with Crippen LogP contribution in [0.2, 0.25) is 0 Å². The topological polar surface area (TPSA) is 83.5 Å². The number of carbonyl (C=O) groups excluding carboxylic acids is 2. The zero-order valence-electron chi connectivity index (χ0n) is 19.7. The van der Waals surface area contributed by atoms with Crippen LogP contribution in [-0.4, -0.2) is 23.3 Å². The van der Waals surface area contributed by atoms with Crippen molar-refractivity contribution in [1.82, 2.24) is 0 Å². The van der Waals surface area contributed by atoms with Gasteiger partial charge in [0.2, 0.25) is 0 Å². The van der Waals surface area contributed by atoms with Gasteiger partial charge in [-0.2, -0.15) is 0 Å². The third-order valence-electron chi connectivity index (χ3n) is 7.05. The number of fused-ring (bicyclic) bond motifs is 2. The lowest BCUT2D eigenvalue weighted by atomic mass is 9.84. The standard InChI is InChI=1S/C31H21NO4/c1-16-3-7-19(8-4-16)32-30(34)24-13-11-22-20-9-5-17(2)26-18(15-33)6-10-21(27(20)26)23-12-14-25(31(35)36)29(24)28(22)23/h3-15H,1-2H3,(H,32,34)(H,35,36). The van der Waals surface area contributed by atoms with Crippen LogP contribution < -0.4 is 5.32 Å². The zero-order valence-corrected chi connectivity index (χ0v) is 19.7. The first-order chi connectivity index (χ1) is 17.4. The predicted octanol–water partition coefficient (Wildman–Crippen LogP) is 7.12. The number of hydrogen-bond donors (Lipinski definition) is 2. The van der Waals surface area contributed by atoms with E-state index in [1.807, 2.05) is 62.4 Å². The number of nitrogens with one attached hydrogen (secondary N) is 1. The van der Waals surface area contributed by atoms with Gasteiger partial charge in [0.25, 0.3) is 5.91 Å². The Hall–Kier alpha value is -4.77. The second-order valence-corrected chi connectivity index (χ2v) is 9.20.